The van der Waals surface area contributed by atoms with Gasteiger partial charge in [-0.1, -0.05) is 34.4 Å². The zero-order valence-electron chi connectivity index (χ0n) is 21.2. The second-order valence-corrected chi connectivity index (χ2v) is 11.5. The lowest BCUT2D eigenvalue weighted by atomic mass is 9.63. The van der Waals surface area contributed by atoms with Crippen molar-refractivity contribution in [3.05, 3.63) is 70.3 Å². The Balaban J connectivity index is 1.14. The Labute approximate surface area is 231 Å². The van der Waals surface area contributed by atoms with Gasteiger partial charge in [0.25, 0.3) is 0 Å². The molecule has 6 nitrogen and oxygen atoms in total. The Hall–Kier alpha value is -3.09. The summed E-state index contributed by atoms with van der Waals surface area (Å²) in [7, 11) is 0. The molecular formula is C30H28Cl2N4O2. The lowest BCUT2D eigenvalue weighted by Gasteiger charge is -2.47. The van der Waals surface area contributed by atoms with Gasteiger partial charge in [-0.3, -0.25) is 9.97 Å². The van der Waals surface area contributed by atoms with Crippen LogP contribution in [0.5, 0.6) is 5.75 Å². The molecule has 0 radical (unpaired) electrons. The molecule has 0 atom stereocenters. The maximum Gasteiger partial charge on any atom is 0.147 e. The molecule has 7 rings (SSSR count). The van der Waals surface area contributed by atoms with Crippen LogP contribution >= 0.6 is 23.2 Å². The van der Waals surface area contributed by atoms with Crippen molar-refractivity contribution < 1.29 is 9.26 Å². The standard InChI is InChI=1S/C30H28Cl2N4O2/c1-2-37-25-7-10-34-24-6-5-20(13-21(24)25)36-11-8-30(9-12-36)14-19(15-30)26-28(35-38-29(26)18-3-4-18)27-22(31)16-33-17-23(27)32/h5-7,10,13-14,16-18H,2-4,8-9,11-12,15H2,1H3. The number of rotatable bonds is 6. The molecule has 1 saturated heterocycles. The molecule has 1 aromatic carbocycles. The van der Waals surface area contributed by atoms with Crippen LogP contribution in [0, 0.1) is 5.41 Å². The first-order chi connectivity index (χ1) is 18.5. The highest BCUT2D eigenvalue weighted by atomic mass is 35.5. The van der Waals surface area contributed by atoms with E-state index in [-0.39, 0.29) is 5.41 Å². The van der Waals surface area contributed by atoms with Gasteiger partial charge in [0.1, 0.15) is 17.2 Å². The minimum Gasteiger partial charge on any atom is -0.493 e. The second kappa shape index (κ2) is 9.28. The second-order valence-electron chi connectivity index (χ2n) is 10.7. The van der Waals surface area contributed by atoms with E-state index in [0.29, 0.717) is 28.1 Å². The van der Waals surface area contributed by atoms with Crippen molar-refractivity contribution in [2.24, 2.45) is 5.41 Å². The number of pyridine rings is 2. The zero-order chi connectivity index (χ0) is 25.9. The van der Waals surface area contributed by atoms with Crippen molar-refractivity contribution in [1.82, 2.24) is 15.1 Å². The Morgan fingerprint density at radius 2 is 1.84 bits per heavy atom. The number of nitrogens with zero attached hydrogens (tertiary/aromatic N) is 4. The number of fused-ring (bicyclic) bond motifs is 1. The highest BCUT2D eigenvalue weighted by molar-refractivity contribution is 6.39. The monoisotopic (exact) mass is 546 g/mol. The topological polar surface area (TPSA) is 64.3 Å². The number of hydrogen-bond donors (Lipinski definition) is 0. The van der Waals surface area contributed by atoms with Crippen LogP contribution in [0.3, 0.4) is 0 Å². The SMILES string of the molecule is CCOc1ccnc2ccc(N3CCC4(C=C(c5c(-c6c(Cl)cncc6Cl)noc5C5CC5)C4)CC3)cc12. The highest BCUT2D eigenvalue weighted by Gasteiger charge is 2.44. The summed E-state index contributed by atoms with van der Waals surface area (Å²) in [6.45, 7) is 4.66. The molecular weight excluding hydrogens is 519 g/mol. The van der Waals surface area contributed by atoms with E-state index < -0.39 is 0 Å². The third kappa shape index (κ3) is 4.05. The fraction of sp³-hybridized carbons (Fsp3) is 0.367. The number of aromatic nitrogens is 3. The number of halogens is 2. The lowest BCUT2D eigenvalue weighted by molar-refractivity contribution is 0.277. The molecule has 38 heavy (non-hydrogen) atoms. The average Bonchev–Trinajstić information content (AvgIpc) is 3.67. The molecule has 4 heterocycles. The van der Waals surface area contributed by atoms with E-state index in [1.54, 1.807) is 12.4 Å². The van der Waals surface area contributed by atoms with E-state index in [1.807, 2.05) is 19.2 Å². The van der Waals surface area contributed by atoms with Gasteiger partial charge < -0.3 is 14.2 Å². The molecule has 194 valence electrons. The molecule has 2 aliphatic carbocycles. The zero-order valence-corrected chi connectivity index (χ0v) is 22.7. The molecule has 3 aromatic heterocycles. The van der Waals surface area contributed by atoms with Gasteiger partial charge in [-0.2, -0.15) is 0 Å². The predicted octanol–water partition coefficient (Wildman–Crippen LogP) is 7.94. The van der Waals surface area contributed by atoms with Crippen molar-refractivity contribution in [1.29, 1.82) is 0 Å². The molecule has 0 bridgehead atoms. The summed E-state index contributed by atoms with van der Waals surface area (Å²) in [5, 5.41) is 6.53. The minimum atomic E-state index is 0.210. The maximum atomic E-state index is 6.52. The number of piperidine rings is 1. The molecule has 0 N–H and O–H groups in total. The molecule has 1 aliphatic heterocycles. The van der Waals surface area contributed by atoms with Crippen LogP contribution in [0.25, 0.3) is 27.7 Å². The largest absolute Gasteiger partial charge is 0.493 e. The first-order valence-corrected chi connectivity index (χ1v) is 14.1. The number of allylic oxidation sites excluding steroid dienone is 2. The minimum absolute atomic E-state index is 0.210. The van der Waals surface area contributed by atoms with Gasteiger partial charge in [0.15, 0.2) is 0 Å². The van der Waals surface area contributed by atoms with Gasteiger partial charge in [-0.05, 0) is 74.3 Å². The summed E-state index contributed by atoms with van der Waals surface area (Å²) >= 11 is 13.0. The van der Waals surface area contributed by atoms with Gasteiger partial charge in [-0.15, -0.1) is 0 Å². The van der Waals surface area contributed by atoms with Gasteiger partial charge in [0.05, 0.1) is 22.2 Å². The van der Waals surface area contributed by atoms with E-state index >= 15 is 0 Å². The summed E-state index contributed by atoms with van der Waals surface area (Å²) in [4.78, 5) is 11.1. The third-order valence-corrected chi connectivity index (χ3v) is 8.78. The number of ether oxygens (including phenoxy) is 1. The molecule has 1 saturated carbocycles. The Kier molecular flexibility index (Phi) is 5.86. The molecule has 3 aliphatic rings. The van der Waals surface area contributed by atoms with Crippen LogP contribution < -0.4 is 9.64 Å². The van der Waals surface area contributed by atoms with Crippen molar-refractivity contribution in [3.8, 4) is 17.0 Å². The van der Waals surface area contributed by atoms with Crippen molar-refractivity contribution in [2.75, 3.05) is 24.6 Å². The normalized spacial score (nSPS) is 18.5. The van der Waals surface area contributed by atoms with Crippen LogP contribution in [0.2, 0.25) is 10.0 Å². The Bertz CT molecular complexity index is 1550. The van der Waals surface area contributed by atoms with E-state index in [4.69, 9.17) is 32.5 Å². The lowest BCUT2D eigenvalue weighted by Crippen LogP contribution is -2.42. The first-order valence-electron chi connectivity index (χ1n) is 13.3. The summed E-state index contributed by atoms with van der Waals surface area (Å²) in [6.07, 6.45) is 13.0. The Morgan fingerprint density at radius 1 is 1.08 bits per heavy atom. The average molecular weight is 547 g/mol. The van der Waals surface area contributed by atoms with Crippen LogP contribution in [0.15, 0.2) is 53.5 Å². The first kappa shape index (κ1) is 24.0. The molecule has 0 unspecified atom stereocenters. The van der Waals surface area contributed by atoms with Gasteiger partial charge in [0, 0.05) is 59.8 Å². The van der Waals surface area contributed by atoms with Gasteiger partial charge in [0.2, 0.25) is 0 Å². The number of benzene rings is 1. The summed E-state index contributed by atoms with van der Waals surface area (Å²) in [6, 6.07) is 8.45. The fourth-order valence-corrected chi connectivity index (χ4v) is 6.59. The van der Waals surface area contributed by atoms with Crippen LogP contribution in [-0.4, -0.2) is 34.8 Å². The van der Waals surface area contributed by atoms with E-state index in [9.17, 15) is 0 Å². The Morgan fingerprint density at radius 3 is 2.55 bits per heavy atom. The van der Waals surface area contributed by atoms with E-state index in [1.165, 1.54) is 11.3 Å². The number of hydrogen-bond acceptors (Lipinski definition) is 6. The molecule has 8 heteroatoms. The summed E-state index contributed by atoms with van der Waals surface area (Å²) in [5.74, 6) is 2.32. The van der Waals surface area contributed by atoms with Gasteiger partial charge >= 0.3 is 0 Å². The van der Waals surface area contributed by atoms with Crippen LogP contribution in [0.4, 0.5) is 5.69 Å². The quantitative estimate of drug-likeness (QED) is 0.244. The number of anilines is 1. The molecule has 0 amide bonds. The van der Waals surface area contributed by atoms with Crippen LogP contribution in [-0.2, 0) is 0 Å². The maximum absolute atomic E-state index is 6.52. The van der Waals surface area contributed by atoms with Crippen molar-refractivity contribution in [3.63, 3.8) is 0 Å². The van der Waals surface area contributed by atoms with E-state index in [2.05, 4.69) is 44.3 Å². The summed E-state index contributed by atoms with van der Waals surface area (Å²) in [5.41, 5.74) is 6.26. The smallest absolute Gasteiger partial charge is 0.147 e. The van der Waals surface area contributed by atoms with Crippen molar-refractivity contribution in [2.45, 2.75) is 44.9 Å². The fourth-order valence-electron chi connectivity index (χ4n) is 6.04. The van der Waals surface area contributed by atoms with Crippen molar-refractivity contribution >= 4 is 45.4 Å². The molecule has 4 aromatic rings. The predicted molar refractivity (Wildman–Crippen MR) is 151 cm³/mol. The van der Waals surface area contributed by atoms with E-state index in [0.717, 1.165) is 78.9 Å². The van der Waals surface area contributed by atoms with Gasteiger partial charge in [-0.25, -0.2) is 0 Å². The molecule has 1 spiro atoms. The van der Waals surface area contributed by atoms with Crippen LogP contribution in [0.1, 0.15) is 56.3 Å². The highest BCUT2D eigenvalue weighted by Crippen LogP contribution is 2.56. The third-order valence-electron chi connectivity index (χ3n) is 8.21. The summed E-state index contributed by atoms with van der Waals surface area (Å²) < 4.78 is 11.8. The molecule has 2 fully saturated rings.